The van der Waals surface area contributed by atoms with Gasteiger partial charge in [-0.3, -0.25) is 14.4 Å². The normalized spacial score (nSPS) is 14.4. The van der Waals surface area contributed by atoms with Gasteiger partial charge >= 0.3 is 5.97 Å². The number of fused-ring (bicyclic) bond motifs is 3. The smallest absolute Gasteiger partial charge is 0.323 e. The van der Waals surface area contributed by atoms with Gasteiger partial charge < -0.3 is 24.9 Å². The van der Waals surface area contributed by atoms with Crippen LogP contribution >= 0.6 is 0 Å². The van der Waals surface area contributed by atoms with Gasteiger partial charge in [-0.05, 0) is 68.8 Å². The highest BCUT2D eigenvalue weighted by Crippen LogP contribution is 2.47. The molecule has 2 atom stereocenters. The molecule has 0 amide bonds. The summed E-state index contributed by atoms with van der Waals surface area (Å²) in [6, 6.07) is 16.1. The van der Waals surface area contributed by atoms with Crippen LogP contribution in [0.15, 0.2) is 103 Å². The molecule has 0 spiro atoms. The summed E-state index contributed by atoms with van der Waals surface area (Å²) in [6.07, 6.45) is 11.8. The summed E-state index contributed by atoms with van der Waals surface area (Å²) >= 11 is 0. The average Bonchev–Trinajstić information content (AvgIpc) is 3.48. The Morgan fingerprint density at radius 1 is 1.04 bits per heavy atom. The minimum absolute atomic E-state index is 0.0744. The molecule has 3 N–H and O–H groups in total. The third-order valence-electron chi connectivity index (χ3n) is 10.7. The van der Waals surface area contributed by atoms with Crippen molar-refractivity contribution < 1.29 is 14.3 Å². The van der Waals surface area contributed by atoms with Gasteiger partial charge in [-0.25, -0.2) is 14.2 Å². The summed E-state index contributed by atoms with van der Waals surface area (Å²) in [5, 5.41) is 14.4. The fraction of sp³-hybridized carbons (Fsp3) is 0.273. The summed E-state index contributed by atoms with van der Waals surface area (Å²) in [6.45, 7) is 10.1. The second kappa shape index (κ2) is 14.7. The van der Waals surface area contributed by atoms with Crippen LogP contribution in [0.2, 0.25) is 0 Å². The predicted octanol–water partition coefficient (Wildman–Crippen LogP) is 5.57. The first-order valence-electron chi connectivity index (χ1n) is 18.9. The number of pyridine rings is 1. The van der Waals surface area contributed by atoms with Crippen molar-refractivity contribution in [3.63, 3.8) is 0 Å². The molecule has 7 aromatic rings. The first kappa shape index (κ1) is 37.2. The molecule has 57 heavy (non-hydrogen) atoms. The molecule has 0 radical (unpaired) electrons. The van der Waals surface area contributed by atoms with Crippen LogP contribution in [0, 0.1) is 17.3 Å². The molecule has 5 aromatic heterocycles. The zero-order valence-corrected chi connectivity index (χ0v) is 32.3. The minimum Gasteiger partial charge on any atom is -0.463 e. The second-order valence-electron chi connectivity index (χ2n) is 15.1. The monoisotopic (exact) mass is 761 g/mol. The molecule has 13 heteroatoms. The molecular formula is C44H43N9O4. The van der Waals surface area contributed by atoms with Gasteiger partial charge in [-0.1, -0.05) is 48.8 Å². The lowest BCUT2D eigenvalue weighted by Crippen LogP contribution is -2.37. The maximum Gasteiger partial charge on any atom is 0.323 e. The molecule has 0 saturated heterocycles. The molecule has 2 aromatic carbocycles. The lowest BCUT2D eigenvalue weighted by Gasteiger charge is -2.24. The van der Waals surface area contributed by atoms with Crippen molar-refractivity contribution in [2.75, 3.05) is 6.61 Å². The van der Waals surface area contributed by atoms with E-state index in [1.165, 1.54) is 10.9 Å². The van der Waals surface area contributed by atoms with Crippen LogP contribution in [0.5, 0.6) is 0 Å². The third-order valence-corrected chi connectivity index (χ3v) is 10.7. The number of nitrogens with zero attached hydrogens (tertiary/aromatic N) is 7. The number of nitrogens with one attached hydrogen (secondary N) is 1. The summed E-state index contributed by atoms with van der Waals surface area (Å²) in [7, 11) is 1.95. The van der Waals surface area contributed by atoms with Crippen molar-refractivity contribution in [2.45, 2.75) is 58.2 Å². The quantitative estimate of drug-likeness (QED) is 0.127. The van der Waals surface area contributed by atoms with E-state index in [-0.39, 0.29) is 30.2 Å². The maximum absolute atomic E-state index is 14.2. The molecule has 1 aliphatic carbocycles. The van der Waals surface area contributed by atoms with Crippen molar-refractivity contribution in [3.05, 3.63) is 137 Å². The lowest BCUT2D eigenvalue weighted by molar-refractivity contribution is -0.146. The van der Waals surface area contributed by atoms with Crippen LogP contribution in [0.4, 0.5) is 0 Å². The first-order valence-corrected chi connectivity index (χ1v) is 18.9. The number of nitrogens with two attached hydrogens (primary N) is 1. The van der Waals surface area contributed by atoms with E-state index >= 15 is 0 Å². The molecule has 0 aliphatic heterocycles. The van der Waals surface area contributed by atoms with E-state index in [2.05, 4.69) is 38.9 Å². The van der Waals surface area contributed by atoms with Crippen molar-refractivity contribution in [1.29, 1.82) is 0 Å². The number of ether oxygens (including phenoxy) is 1. The number of hydrogen-bond acceptors (Lipinski definition) is 9. The van der Waals surface area contributed by atoms with Gasteiger partial charge in [-0.2, -0.15) is 10.2 Å². The number of hydrogen-bond donors (Lipinski definition) is 2. The Kier molecular flexibility index (Phi) is 9.59. The van der Waals surface area contributed by atoms with Crippen LogP contribution in [-0.4, -0.2) is 58.0 Å². The number of esters is 1. The Balaban J connectivity index is 0.967. The van der Waals surface area contributed by atoms with E-state index in [1.807, 2.05) is 99.4 Å². The topological polar surface area (TPSA) is 156 Å². The fourth-order valence-electron chi connectivity index (χ4n) is 7.50. The molecule has 5 heterocycles. The van der Waals surface area contributed by atoms with Crippen molar-refractivity contribution in [1.82, 2.24) is 38.8 Å². The summed E-state index contributed by atoms with van der Waals surface area (Å²) < 4.78 is 12.4. The van der Waals surface area contributed by atoms with Gasteiger partial charge in [0, 0.05) is 72.2 Å². The van der Waals surface area contributed by atoms with E-state index in [1.54, 1.807) is 27.7 Å². The number of carbonyl (C=O) groups is 2. The molecule has 1 fully saturated rings. The zero-order valence-electron chi connectivity index (χ0n) is 32.3. The van der Waals surface area contributed by atoms with E-state index in [0.29, 0.717) is 47.1 Å². The number of aryl methyl sites for hydroxylation is 1. The highest BCUT2D eigenvalue weighted by atomic mass is 16.5. The molecule has 0 unspecified atom stereocenters. The number of aromatic nitrogens is 7. The van der Waals surface area contributed by atoms with E-state index in [9.17, 15) is 14.4 Å². The predicted molar refractivity (Wildman–Crippen MR) is 218 cm³/mol. The van der Waals surface area contributed by atoms with Crippen molar-refractivity contribution >= 4 is 44.9 Å². The molecule has 13 nitrogen and oxygen atoms in total. The van der Waals surface area contributed by atoms with Crippen LogP contribution < -0.4 is 16.6 Å². The molecule has 288 valence electrons. The number of para-hydroxylation sites is 1. The molecular weight excluding hydrogens is 719 g/mol. The van der Waals surface area contributed by atoms with Gasteiger partial charge in [0.1, 0.15) is 12.6 Å². The zero-order chi connectivity index (χ0) is 40.0. The number of rotatable bonds is 11. The van der Waals surface area contributed by atoms with Gasteiger partial charge in [0.25, 0.3) is 11.5 Å². The van der Waals surface area contributed by atoms with Gasteiger partial charge in [0.15, 0.2) is 5.65 Å². The summed E-state index contributed by atoms with van der Waals surface area (Å²) in [5.74, 6) is 5.44. The average molecular weight is 762 g/mol. The highest BCUT2D eigenvalue weighted by molar-refractivity contribution is 5.89. The minimum atomic E-state index is -0.870. The first-order chi connectivity index (χ1) is 27.4. The van der Waals surface area contributed by atoms with Gasteiger partial charge in [-0.15, -0.1) is 0 Å². The Hall–Kier alpha value is -6.78. The Bertz CT molecular complexity index is 2840. The molecule has 1 saturated carbocycles. The van der Waals surface area contributed by atoms with Crippen LogP contribution in [0.1, 0.15) is 78.4 Å². The highest BCUT2D eigenvalue weighted by Gasteiger charge is 2.52. The largest absolute Gasteiger partial charge is 0.463 e. The van der Waals surface area contributed by atoms with E-state index in [0.717, 1.165) is 33.1 Å². The maximum atomic E-state index is 14.2. The molecule has 8 rings (SSSR count). The van der Waals surface area contributed by atoms with Gasteiger partial charge in [0.2, 0.25) is 0 Å². The Morgan fingerprint density at radius 3 is 2.63 bits per heavy atom. The van der Waals surface area contributed by atoms with Gasteiger partial charge in [0.05, 0.1) is 40.4 Å². The van der Waals surface area contributed by atoms with Crippen LogP contribution in [0.25, 0.3) is 33.0 Å². The molecule has 0 bridgehead atoms. The second-order valence-corrected chi connectivity index (χ2v) is 15.1. The fourth-order valence-corrected chi connectivity index (χ4v) is 7.50. The number of carbonyl (C=O) groups excluding carboxylic acids is 2. The van der Waals surface area contributed by atoms with Crippen LogP contribution in [0.3, 0.4) is 0 Å². The third kappa shape index (κ3) is 7.00. The van der Waals surface area contributed by atoms with E-state index in [4.69, 9.17) is 10.5 Å². The van der Waals surface area contributed by atoms with Crippen molar-refractivity contribution in [2.24, 2.45) is 18.2 Å². The van der Waals surface area contributed by atoms with Crippen LogP contribution in [-0.2, 0) is 23.0 Å². The SMILES string of the molecule is C=C(N[C@@H](C)c1cc2cccc(C#Cc3cnn(C(=O)C4(COC(=O)[C@H](N)Cc5cn(C)c6ccccc56)CC4)c3)c2c(=O)n1C(C)C)c1cnn2cccnc12. The molecule has 1 aliphatic rings. The summed E-state index contributed by atoms with van der Waals surface area (Å²) in [5.41, 5.74) is 11.2. The standard InChI is InChI=1S/C44H43N9O4/c1-27(2)53-38(29(4)49-28(3)35-23-48-51-19-9-18-46-40(35)51)21-32-11-8-10-31(39(32)41(53)54)15-14-30-22-47-52(24-30)43(56)44(16-17-44)26-57-42(55)36(45)20-33-25-50(5)37-13-7-6-12-34(33)37/h6-13,18-19,21-25,27,29,36,49H,3,16-17,20,26,45H2,1-2,4-5H3/t29-,36+/m0/s1. The van der Waals surface area contributed by atoms with Crippen molar-refractivity contribution in [3.8, 4) is 11.8 Å². The van der Waals surface area contributed by atoms with E-state index < -0.39 is 17.4 Å². The lowest BCUT2D eigenvalue weighted by atomic mass is 10.0. The Labute approximate surface area is 328 Å². The number of benzene rings is 2. The summed E-state index contributed by atoms with van der Waals surface area (Å²) in [4.78, 5) is 45.2. The Morgan fingerprint density at radius 2 is 1.84 bits per heavy atom.